The van der Waals surface area contributed by atoms with E-state index in [-0.39, 0.29) is 5.91 Å². The van der Waals surface area contributed by atoms with E-state index in [0.29, 0.717) is 30.5 Å². The normalized spacial score (nSPS) is 17.6. The fraction of sp³-hybridized carbons (Fsp3) is 0.529. The molecular weight excluding hydrogens is 306 g/mol. The zero-order valence-electron chi connectivity index (χ0n) is 13.7. The molecule has 7 nitrogen and oxygen atoms in total. The first-order valence-electron chi connectivity index (χ1n) is 8.51. The Bertz CT molecular complexity index is 637. The lowest BCUT2D eigenvalue weighted by atomic mass is 9.96. The van der Waals surface area contributed by atoms with E-state index in [9.17, 15) is 4.79 Å². The minimum atomic E-state index is 0.0300. The third kappa shape index (κ3) is 4.86. The van der Waals surface area contributed by atoms with Crippen LogP contribution in [0, 0.1) is 5.92 Å². The molecule has 1 unspecified atom stereocenters. The van der Waals surface area contributed by atoms with E-state index in [4.69, 9.17) is 4.52 Å². The molecule has 0 aromatic carbocycles. The lowest BCUT2D eigenvalue weighted by Crippen LogP contribution is -2.33. The van der Waals surface area contributed by atoms with E-state index < -0.39 is 0 Å². The average Bonchev–Trinajstić information content (AvgIpc) is 3.11. The number of pyridine rings is 1. The molecule has 1 aliphatic heterocycles. The van der Waals surface area contributed by atoms with Crippen molar-refractivity contribution in [1.82, 2.24) is 25.8 Å². The molecule has 24 heavy (non-hydrogen) atoms. The topological polar surface area (TPSA) is 92.9 Å². The van der Waals surface area contributed by atoms with Crippen LogP contribution in [0.5, 0.6) is 0 Å². The Hall–Kier alpha value is -2.28. The fourth-order valence-electron chi connectivity index (χ4n) is 2.87. The number of piperidine rings is 1. The van der Waals surface area contributed by atoms with E-state index in [1.54, 1.807) is 12.4 Å². The summed E-state index contributed by atoms with van der Waals surface area (Å²) < 4.78 is 5.20. The number of aromatic nitrogens is 3. The molecule has 3 heterocycles. The Balaban J connectivity index is 1.38. The Labute approximate surface area is 141 Å². The van der Waals surface area contributed by atoms with Crippen molar-refractivity contribution in [2.24, 2.45) is 5.92 Å². The van der Waals surface area contributed by atoms with Gasteiger partial charge < -0.3 is 15.2 Å². The monoisotopic (exact) mass is 329 g/mol. The summed E-state index contributed by atoms with van der Waals surface area (Å²) in [7, 11) is 0. The maximum atomic E-state index is 11.9. The van der Waals surface area contributed by atoms with Crippen LogP contribution in [-0.2, 0) is 11.2 Å². The van der Waals surface area contributed by atoms with Crippen molar-refractivity contribution in [3.63, 3.8) is 0 Å². The van der Waals surface area contributed by atoms with Gasteiger partial charge in [0.2, 0.25) is 17.6 Å². The largest absolute Gasteiger partial charge is 0.356 e. The second-order valence-corrected chi connectivity index (χ2v) is 6.10. The standard InChI is InChI=1S/C17H23N5O2/c23-15(20-11-5-13-2-1-8-19-12-13)3-4-16-21-17(22-24-16)14-6-9-18-10-7-14/h6-7,9-10,13,19H,1-5,8,11-12H2,(H,20,23). The van der Waals surface area contributed by atoms with Crippen molar-refractivity contribution in [2.75, 3.05) is 19.6 Å². The van der Waals surface area contributed by atoms with Crippen molar-refractivity contribution >= 4 is 5.91 Å². The molecule has 0 saturated carbocycles. The maximum Gasteiger partial charge on any atom is 0.227 e. The number of nitrogens with one attached hydrogen (secondary N) is 2. The molecule has 0 radical (unpaired) electrons. The first-order valence-corrected chi connectivity index (χ1v) is 8.51. The Morgan fingerprint density at radius 3 is 3.04 bits per heavy atom. The van der Waals surface area contributed by atoms with Crippen molar-refractivity contribution in [3.8, 4) is 11.4 Å². The highest BCUT2D eigenvalue weighted by atomic mass is 16.5. The van der Waals surface area contributed by atoms with Gasteiger partial charge in [0.1, 0.15) is 0 Å². The molecule has 3 rings (SSSR count). The number of carbonyl (C=O) groups is 1. The minimum Gasteiger partial charge on any atom is -0.356 e. The van der Waals surface area contributed by atoms with Crippen LogP contribution < -0.4 is 10.6 Å². The number of amides is 1. The van der Waals surface area contributed by atoms with Crippen LogP contribution in [0.25, 0.3) is 11.4 Å². The van der Waals surface area contributed by atoms with Crippen LogP contribution >= 0.6 is 0 Å². The van der Waals surface area contributed by atoms with E-state index in [2.05, 4.69) is 25.8 Å². The zero-order valence-corrected chi connectivity index (χ0v) is 13.7. The quantitative estimate of drug-likeness (QED) is 0.801. The van der Waals surface area contributed by atoms with Gasteiger partial charge in [-0.25, -0.2) is 0 Å². The summed E-state index contributed by atoms with van der Waals surface area (Å²) in [5.74, 6) is 1.71. The summed E-state index contributed by atoms with van der Waals surface area (Å²) in [6.45, 7) is 2.92. The van der Waals surface area contributed by atoms with Crippen LogP contribution in [0.2, 0.25) is 0 Å². The van der Waals surface area contributed by atoms with E-state index in [0.717, 1.165) is 31.6 Å². The average molecular weight is 329 g/mol. The number of hydrogen-bond donors (Lipinski definition) is 2. The SMILES string of the molecule is O=C(CCc1nc(-c2ccncc2)no1)NCCC1CCCNC1. The lowest BCUT2D eigenvalue weighted by Gasteiger charge is -2.22. The zero-order chi connectivity index (χ0) is 16.6. The fourth-order valence-corrected chi connectivity index (χ4v) is 2.87. The summed E-state index contributed by atoms with van der Waals surface area (Å²) in [4.78, 5) is 20.2. The van der Waals surface area contributed by atoms with Gasteiger partial charge in [-0.1, -0.05) is 5.16 Å². The van der Waals surface area contributed by atoms with Gasteiger partial charge in [0, 0.05) is 37.3 Å². The molecule has 2 aromatic heterocycles. The van der Waals surface area contributed by atoms with Gasteiger partial charge in [0.25, 0.3) is 0 Å². The molecule has 1 saturated heterocycles. The number of aryl methyl sites for hydroxylation is 1. The third-order valence-corrected chi connectivity index (χ3v) is 4.25. The molecule has 2 aromatic rings. The molecule has 1 fully saturated rings. The van der Waals surface area contributed by atoms with Gasteiger partial charge in [0.05, 0.1) is 0 Å². The Morgan fingerprint density at radius 2 is 2.25 bits per heavy atom. The Morgan fingerprint density at radius 1 is 1.38 bits per heavy atom. The Kier molecular flexibility index (Phi) is 5.90. The van der Waals surface area contributed by atoms with Gasteiger partial charge in [-0.05, 0) is 50.4 Å². The third-order valence-electron chi connectivity index (χ3n) is 4.25. The summed E-state index contributed by atoms with van der Waals surface area (Å²) in [5, 5.41) is 10.3. The van der Waals surface area contributed by atoms with Crippen molar-refractivity contribution in [2.45, 2.75) is 32.1 Å². The molecule has 0 spiro atoms. The molecule has 128 valence electrons. The number of carbonyl (C=O) groups excluding carboxylic acids is 1. The lowest BCUT2D eigenvalue weighted by molar-refractivity contribution is -0.121. The second-order valence-electron chi connectivity index (χ2n) is 6.10. The van der Waals surface area contributed by atoms with Gasteiger partial charge in [0.15, 0.2) is 0 Å². The van der Waals surface area contributed by atoms with Crippen molar-refractivity contribution in [3.05, 3.63) is 30.4 Å². The summed E-state index contributed by atoms with van der Waals surface area (Å²) >= 11 is 0. The van der Waals surface area contributed by atoms with Crippen LogP contribution in [0.4, 0.5) is 0 Å². The molecule has 7 heteroatoms. The van der Waals surface area contributed by atoms with Crippen LogP contribution in [0.3, 0.4) is 0 Å². The first kappa shape index (κ1) is 16.6. The molecule has 1 aliphatic rings. The molecule has 2 N–H and O–H groups in total. The highest BCUT2D eigenvalue weighted by Gasteiger charge is 2.14. The highest BCUT2D eigenvalue weighted by molar-refractivity contribution is 5.75. The predicted octanol–water partition coefficient (Wildman–Crippen LogP) is 1.57. The maximum absolute atomic E-state index is 11.9. The molecular formula is C17H23N5O2. The summed E-state index contributed by atoms with van der Waals surface area (Å²) in [5.41, 5.74) is 0.852. The van der Waals surface area contributed by atoms with Crippen LogP contribution in [0.15, 0.2) is 29.0 Å². The van der Waals surface area contributed by atoms with E-state index in [1.807, 2.05) is 12.1 Å². The molecule has 1 amide bonds. The summed E-state index contributed by atoms with van der Waals surface area (Å²) in [6, 6.07) is 3.64. The molecule has 0 bridgehead atoms. The van der Waals surface area contributed by atoms with E-state index in [1.165, 1.54) is 12.8 Å². The van der Waals surface area contributed by atoms with Gasteiger partial charge in [-0.3, -0.25) is 9.78 Å². The molecule has 1 atom stereocenters. The smallest absolute Gasteiger partial charge is 0.227 e. The number of rotatable bonds is 7. The predicted molar refractivity (Wildman–Crippen MR) is 89.1 cm³/mol. The molecule has 0 aliphatic carbocycles. The summed E-state index contributed by atoms with van der Waals surface area (Å²) in [6.07, 6.45) is 7.70. The van der Waals surface area contributed by atoms with Crippen molar-refractivity contribution in [1.29, 1.82) is 0 Å². The highest BCUT2D eigenvalue weighted by Crippen LogP contribution is 2.15. The minimum absolute atomic E-state index is 0.0300. The van der Waals surface area contributed by atoms with Gasteiger partial charge in [-0.15, -0.1) is 0 Å². The van der Waals surface area contributed by atoms with Crippen LogP contribution in [-0.4, -0.2) is 40.7 Å². The van der Waals surface area contributed by atoms with Crippen LogP contribution in [0.1, 0.15) is 31.6 Å². The van der Waals surface area contributed by atoms with Gasteiger partial charge in [-0.2, -0.15) is 4.98 Å². The van der Waals surface area contributed by atoms with E-state index >= 15 is 0 Å². The van der Waals surface area contributed by atoms with Gasteiger partial charge >= 0.3 is 0 Å². The first-order chi connectivity index (χ1) is 11.8. The second kappa shape index (κ2) is 8.54. The van der Waals surface area contributed by atoms with Crippen molar-refractivity contribution < 1.29 is 9.32 Å². The number of hydrogen-bond acceptors (Lipinski definition) is 6. The number of nitrogens with zero attached hydrogens (tertiary/aromatic N) is 3.